The minimum absolute atomic E-state index is 0.0448. The van der Waals surface area contributed by atoms with Crippen LogP contribution in [-0.2, 0) is 15.0 Å². The maximum atomic E-state index is 12.7. The number of hydrogen-bond donors (Lipinski definition) is 1. The Bertz CT molecular complexity index is 1340. The maximum absolute atomic E-state index is 12.7. The number of carbonyl (C=O) groups excluding carboxylic acids is 2. The smallest absolute Gasteiger partial charge is 0.238 e. The highest BCUT2D eigenvalue weighted by Crippen LogP contribution is 2.43. The molecule has 8 nitrogen and oxygen atoms in total. The first-order valence-electron chi connectivity index (χ1n) is 12.0. The number of benzene rings is 1. The summed E-state index contributed by atoms with van der Waals surface area (Å²) in [6, 6.07) is 8.51. The molecule has 176 valence electrons. The van der Waals surface area contributed by atoms with Gasteiger partial charge in [0.2, 0.25) is 11.8 Å². The number of nitrogens with one attached hydrogen (secondary N) is 1. The molecule has 0 radical (unpaired) electrons. The van der Waals surface area contributed by atoms with Gasteiger partial charge in [-0.1, -0.05) is 6.07 Å². The highest BCUT2D eigenvalue weighted by molar-refractivity contribution is 6.06. The third kappa shape index (κ3) is 3.19. The molecule has 0 spiro atoms. The predicted octanol–water partition coefficient (Wildman–Crippen LogP) is 3.59. The van der Waals surface area contributed by atoms with Gasteiger partial charge < -0.3 is 14.6 Å². The molecule has 3 aliphatic rings. The van der Waals surface area contributed by atoms with Crippen LogP contribution in [0.25, 0.3) is 22.3 Å². The number of anilines is 1. The van der Waals surface area contributed by atoms with E-state index in [4.69, 9.17) is 14.7 Å². The van der Waals surface area contributed by atoms with Crippen molar-refractivity contribution in [1.82, 2.24) is 19.9 Å². The van der Waals surface area contributed by atoms with Crippen molar-refractivity contribution < 1.29 is 14.3 Å². The van der Waals surface area contributed by atoms with Gasteiger partial charge >= 0.3 is 0 Å². The third-order valence-electron chi connectivity index (χ3n) is 7.56. The highest BCUT2D eigenvalue weighted by Gasteiger charge is 2.43. The van der Waals surface area contributed by atoms with Crippen molar-refractivity contribution in [3.63, 3.8) is 0 Å². The normalized spacial score (nSPS) is 22.2. The van der Waals surface area contributed by atoms with E-state index in [1.165, 1.54) is 0 Å². The SMILES string of the molecule is CC(Oc1cc(-c2ccc3c(n2)N(C)C(=O)C3(C)C)cc2ncn(C3CC3)c12)C1CNC(=O)C1. The number of imidazole rings is 1. The first-order valence-corrected chi connectivity index (χ1v) is 12.0. The van der Waals surface area contributed by atoms with Crippen molar-refractivity contribution in [3.05, 3.63) is 36.2 Å². The molecule has 1 aromatic carbocycles. The topological polar surface area (TPSA) is 89.3 Å². The summed E-state index contributed by atoms with van der Waals surface area (Å²) in [5.41, 5.74) is 3.87. The monoisotopic (exact) mass is 459 g/mol. The second kappa shape index (κ2) is 7.29. The van der Waals surface area contributed by atoms with Crippen LogP contribution in [0.15, 0.2) is 30.6 Å². The molecular weight excluding hydrogens is 430 g/mol. The minimum atomic E-state index is -0.584. The molecule has 3 aromatic rings. The fourth-order valence-corrected chi connectivity index (χ4v) is 5.24. The average molecular weight is 460 g/mol. The van der Waals surface area contributed by atoms with Crippen molar-refractivity contribution in [3.8, 4) is 17.0 Å². The van der Waals surface area contributed by atoms with Crippen molar-refractivity contribution in [1.29, 1.82) is 0 Å². The fraction of sp³-hybridized carbons (Fsp3) is 0.462. The second-order valence-electron chi connectivity index (χ2n) is 10.4. The Hall–Kier alpha value is -3.42. The Balaban J connectivity index is 1.43. The van der Waals surface area contributed by atoms with Gasteiger partial charge in [0, 0.05) is 43.1 Å². The molecule has 2 fully saturated rings. The second-order valence-corrected chi connectivity index (χ2v) is 10.4. The van der Waals surface area contributed by atoms with Gasteiger partial charge in [-0.25, -0.2) is 9.97 Å². The summed E-state index contributed by atoms with van der Waals surface area (Å²) in [4.78, 5) is 35.7. The maximum Gasteiger partial charge on any atom is 0.238 e. The van der Waals surface area contributed by atoms with E-state index in [0.29, 0.717) is 24.8 Å². The van der Waals surface area contributed by atoms with Crippen LogP contribution in [0.5, 0.6) is 5.75 Å². The van der Waals surface area contributed by atoms with Crippen LogP contribution in [0.3, 0.4) is 0 Å². The quantitative estimate of drug-likeness (QED) is 0.630. The molecule has 8 heteroatoms. The molecule has 1 aliphatic carbocycles. The number of carbonyl (C=O) groups is 2. The molecule has 1 N–H and O–H groups in total. The van der Waals surface area contributed by atoms with Gasteiger partial charge in [-0.2, -0.15) is 0 Å². The Morgan fingerprint density at radius 2 is 2.00 bits per heavy atom. The molecule has 2 aliphatic heterocycles. The van der Waals surface area contributed by atoms with E-state index in [1.54, 1.807) is 11.9 Å². The van der Waals surface area contributed by atoms with Gasteiger partial charge in [-0.3, -0.25) is 14.5 Å². The van der Waals surface area contributed by atoms with E-state index in [2.05, 4.69) is 9.88 Å². The van der Waals surface area contributed by atoms with Gasteiger partial charge in [-0.15, -0.1) is 0 Å². The Labute approximate surface area is 198 Å². The lowest BCUT2D eigenvalue weighted by Gasteiger charge is -2.21. The first-order chi connectivity index (χ1) is 16.2. The van der Waals surface area contributed by atoms with Crippen LogP contribution in [0, 0.1) is 5.92 Å². The van der Waals surface area contributed by atoms with Crippen LogP contribution in [-0.4, -0.2) is 46.0 Å². The van der Waals surface area contributed by atoms with Gasteiger partial charge in [0.1, 0.15) is 23.2 Å². The average Bonchev–Trinajstić information content (AvgIpc) is 3.37. The summed E-state index contributed by atoms with van der Waals surface area (Å²) in [6.07, 6.45) is 4.54. The molecule has 34 heavy (non-hydrogen) atoms. The largest absolute Gasteiger partial charge is 0.488 e. The predicted molar refractivity (Wildman–Crippen MR) is 129 cm³/mol. The number of pyridine rings is 1. The van der Waals surface area contributed by atoms with Gasteiger partial charge in [0.15, 0.2) is 0 Å². The number of amides is 2. The number of ether oxygens (including phenoxy) is 1. The summed E-state index contributed by atoms with van der Waals surface area (Å²) < 4.78 is 8.73. The number of rotatable bonds is 5. The molecule has 2 aromatic heterocycles. The van der Waals surface area contributed by atoms with Gasteiger partial charge in [0.25, 0.3) is 0 Å². The van der Waals surface area contributed by atoms with Crippen molar-refractivity contribution >= 4 is 28.7 Å². The number of fused-ring (bicyclic) bond motifs is 2. The molecule has 2 atom stereocenters. The molecular formula is C26H29N5O3. The van der Waals surface area contributed by atoms with Gasteiger partial charge in [-0.05, 0) is 51.8 Å². The Morgan fingerprint density at radius 3 is 2.71 bits per heavy atom. The van der Waals surface area contributed by atoms with Crippen LogP contribution in [0.1, 0.15) is 51.6 Å². The van der Waals surface area contributed by atoms with Gasteiger partial charge in [0.05, 0.1) is 23.0 Å². The van der Waals surface area contributed by atoms with E-state index in [0.717, 1.165) is 46.4 Å². The molecule has 4 heterocycles. The molecule has 2 amide bonds. The molecule has 0 bridgehead atoms. The van der Waals surface area contributed by atoms with Crippen molar-refractivity contribution in [2.75, 3.05) is 18.5 Å². The molecule has 1 saturated heterocycles. The summed E-state index contributed by atoms with van der Waals surface area (Å²) in [7, 11) is 1.78. The molecule has 2 unspecified atom stereocenters. The number of nitrogens with zero attached hydrogens (tertiary/aromatic N) is 4. The third-order valence-corrected chi connectivity index (χ3v) is 7.56. The van der Waals surface area contributed by atoms with E-state index >= 15 is 0 Å². The zero-order valence-corrected chi connectivity index (χ0v) is 20.0. The standard InChI is InChI=1S/C26H29N5O3/c1-14(16-11-22(32)27-12-16)34-21-10-15(9-20-23(21)31(13-28-20)17-5-6-17)19-8-7-18-24(29-19)30(4)25(33)26(18,2)3/h7-10,13-14,16-17H,5-6,11-12H2,1-4H3,(H,27,32). The minimum Gasteiger partial charge on any atom is -0.488 e. The highest BCUT2D eigenvalue weighted by atomic mass is 16.5. The molecule has 1 saturated carbocycles. The summed E-state index contributed by atoms with van der Waals surface area (Å²) in [5.74, 6) is 1.71. The zero-order valence-electron chi connectivity index (χ0n) is 20.0. The lowest BCUT2D eigenvalue weighted by atomic mass is 9.87. The number of hydrogen-bond acceptors (Lipinski definition) is 5. The van der Waals surface area contributed by atoms with Crippen LogP contribution < -0.4 is 15.0 Å². The number of likely N-dealkylation sites (N-methyl/N-ethyl adjacent to an activating group) is 1. The van der Waals surface area contributed by atoms with Crippen LogP contribution >= 0.6 is 0 Å². The Morgan fingerprint density at radius 1 is 1.21 bits per heavy atom. The van der Waals surface area contributed by atoms with E-state index in [9.17, 15) is 9.59 Å². The first kappa shape index (κ1) is 21.1. The van der Waals surface area contributed by atoms with Crippen molar-refractivity contribution in [2.45, 2.75) is 57.6 Å². The lowest BCUT2D eigenvalue weighted by Crippen LogP contribution is -2.33. The summed E-state index contributed by atoms with van der Waals surface area (Å²) in [6.45, 7) is 6.53. The van der Waals surface area contributed by atoms with E-state index in [1.807, 2.05) is 51.4 Å². The lowest BCUT2D eigenvalue weighted by molar-refractivity contribution is -0.122. The summed E-state index contributed by atoms with van der Waals surface area (Å²) >= 11 is 0. The fourth-order valence-electron chi connectivity index (χ4n) is 5.24. The number of aromatic nitrogens is 3. The summed E-state index contributed by atoms with van der Waals surface area (Å²) in [5, 5.41) is 2.90. The van der Waals surface area contributed by atoms with E-state index < -0.39 is 5.41 Å². The van der Waals surface area contributed by atoms with Crippen LogP contribution in [0.2, 0.25) is 0 Å². The zero-order chi connectivity index (χ0) is 23.8. The Kier molecular flexibility index (Phi) is 4.53. The molecule has 6 rings (SSSR count). The van der Waals surface area contributed by atoms with Crippen molar-refractivity contribution in [2.24, 2.45) is 5.92 Å². The van der Waals surface area contributed by atoms with E-state index in [-0.39, 0.29) is 23.8 Å². The van der Waals surface area contributed by atoms with Crippen LogP contribution in [0.4, 0.5) is 5.82 Å².